The molecule has 0 aromatic carbocycles. The third-order valence-corrected chi connectivity index (χ3v) is 10.8. The predicted octanol–water partition coefficient (Wildman–Crippen LogP) is 5.87. The molecule has 0 spiro atoms. The van der Waals surface area contributed by atoms with Crippen LogP contribution in [0.25, 0.3) is 0 Å². The van der Waals surface area contributed by atoms with Crippen LogP contribution in [0.3, 0.4) is 0 Å². The van der Waals surface area contributed by atoms with E-state index in [1.807, 2.05) is 0 Å². The summed E-state index contributed by atoms with van der Waals surface area (Å²) in [5, 5.41) is 0. The molecule has 6 saturated heterocycles. The molecule has 0 N–H and O–H groups in total. The van der Waals surface area contributed by atoms with Crippen LogP contribution in [0.5, 0.6) is 0 Å². The third-order valence-electron chi connectivity index (χ3n) is 10.8. The van der Waals surface area contributed by atoms with Gasteiger partial charge in [0.15, 0.2) is 0 Å². The van der Waals surface area contributed by atoms with Gasteiger partial charge in [0.2, 0.25) is 0 Å². The van der Waals surface area contributed by atoms with Gasteiger partial charge in [0.1, 0.15) is 0 Å². The maximum absolute atomic E-state index is 6.17. The van der Waals surface area contributed by atoms with Gasteiger partial charge in [-0.3, -0.25) is 0 Å². The second kappa shape index (κ2) is 8.14. The molecule has 6 fully saturated rings. The first kappa shape index (κ1) is 26.0. The van der Waals surface area contributed by atoms with Crippen LogP contribution in [0.2, 0.25) is 0 Å². The molecule has 206 valence electrons. The van der Waals surface area contributed by atoms with Crippen molar-refractivity contribution in [2.45, 2.75) is 190 Å². The molecule has 0 saturated carbocycles. The molecule has 6 nitrogen and oxygen atoms in total. The molecular weight excluding hydrogens is 456 g/mol. The largest absolute Gasteiger partial charge is 0.367 e. The maximum Gasteiger partial charge on any atom is 0.0921 e. The lowest BCUT2D eigenvalue weighted by molar-refractivity contribution is 0.261. The Morgan fingerprint density at radius 3 is 0.806 bits per heavy atom. The van der Waals surface area contributed by atoms with Gasteiger partial charge < -0.3 is 28.4 Å². The molecule has 0 aromatic heterocycles. The van der Waals surface area contributed by atoms with Gasteiger partial charge in [0.25, 0.3) is 0 Å². The molecule has 6 aliphatic heterocycles. The zero-order chi connectivity index (χ0) is 25.8. The van der Waals surface area contributed by atoms with Gasteiger partial charge in [-0.2, -0.15) is 0 Å². The number of epoxide rings is 6. The van der Waals surface area contributed by atoms with Crippen molar-refractivity contribution in [3.05, 3.63) is 0 Å². The lowest BCUT2D eigenvalue weighted by Crippen LogP contribution is -2.17. The smallest absolute Gasteiger partial charge is 0.0921 e. The van der Waals surface area contributed by atoms with Crippen LogP contribution in [0, 0.1) is 0 Å². The second-order valence-corrected chi connectivity index (χ2v) is 14.8. The molecule has 6 aliphatic rings. The standard InChI is InChI=1S/C30H50O6/c1-25(2)19(31-25)11-15-29(7)23(35-29)13-17-27(5)21(33-27)9-10-22-28(6,34-22)18-14-24-30(8,36-24)16-12-20-26(3,4)32-20/h19-24H,9-18H2,1-8H3/t19-,20+,21-,22+,23-,24+,27-,28+,29-,30+. The molecule has 0 unspecified atom stereocenters. The maximum atomic E-state index is 6.17. The highest BCUT2D eigenvalue weighted by atomic mass is 16.6. The zero-order valence-electron chi connectivity index (χ0n) is 24.0. The summed E-state index contributed by atoms with van der Waals surface area (Å²) in [7, 11) is 0. The molecule has 0 amide bonds. The van der Waals surface area contributed by atoms with Crippen molar-refractivity contribution in [3.8, 4) is 0 Å². The molecule has 6 heterocycles. The zero-order valence-corrected chi connectivity index (χ0v) is 24.0. The second-order valence-electron chi connectivity index (χ2n) is 14.8. The van der Waals surface area contributed by atoms with E-state index in [0.717, 1.165) is 64.2 Å². The van der Waals surface area contributed by atoms with Gasteiger partial charge in [-0.25, -0.2) is 0 Å². The van der Waals surface area contributed by atoms with Gasteiger partial charge in [-0.1, -0.05) is 0 Å². The van der Waals surface area contributed by atoms with E-state index in [1.165, 1.54) is 0 Å². The molecule has 10 atom stereocenters. The highest BCUT2D eigenvalue weighted by Crippen LogP contribution is 2.53. The van der Waals surface area contributed by atoms with Crippen molar-refractivity contribution in [2.75, 3.05) is 0 Å². The minimum Gasteiger partial charge on any atom is -0.367 e. The fourth-order valence-electron chi connectivity index (χ4n) is 6.95. The van der Waals surface area contributed by atoms with Crippen LogP contribution in [0.1, 0.15) is 120 Å². The van der Waals surface area contributed by atoms with Gasteiger partial charge in [0, 0.05) is 0 Å². The minimum absolute atomic E-state index is 0.0310. The quantitative estimate of drug-likeness (QED) is 0.259. The van der Waals surface area contributed by atoms with E-state index in [-0.39, 0.29) is 33.6 Å². The van der Waals surface area contributed by atoms with E-state index in [9.17, 15) is 0 Å². The van der Waals surface area contributed by atoms with Crippen LogP contribution in [-0.4, -0.2) is 70.2 Å². The van der Waals surface area contributed by atoms with Gasteiger partial charge in [0.05, 0.1) is 70.2 Å². The average Bonchev–Trinajstić information content (AvgIpc) is 3.51. The van der Waals surface area contributed by atoms with E-state index in [4.69, 9.17) is 28.4 Å². The minimum atomic E-state index is 0.0310. The molecule has 6 rings (SSSR count). The summed E-state index contributed by atoms with van der Waals surface area (Å²) >= 11 is 0. The van der Waals surface area contributed by atoms with E-state index < -0.39 is 0 Å². The fourth-order valence-corrected chi connectivity index (χ4v) is 6.95. The van der Waals surface area contributed by atoms with Crippen molar-refractivity contribution >= 4 is 0 Å². The Morgan fingerprint density at radius 2 is 0.556 bits per heavy atom. The van der Waals surface area contributed by atoms with Crippen LogP contribution in [-0.2, 0) is 28.4 Å². The third kappa shape index (κ3) is 5.29. The molecule has 36 heavy (non-hydrogen) atoms. The monoisotopic (exact) mass is 506 g/mol. The van der Waals surface area contributed by atoms with Crippen molar-refractivity contribution in [3.63, 3.8) is 0 Å². The number of rotatable bonds is 15. The molecule has 0 aromatic rings. The summed E-state index contributed by atoms with van der Waals surface area (Å²) in [5.41, 5.74) is 0.332. The normalized spacial score (nSPS) is 52.7. The highest BCUT2D eigenvalue weighted by Gasteiger charge is 2.60. The summed E-state index contributed by atoms with van der Waals surface area (Å²) < 4.78 is 36.0. The Labute approximate surface area is 218 Å². The van der Waals surface area contributed by atoms with Crippen molar-refractivity contribution in [1.29, 1.82) is 0 Å². The fraction of sp³-hybridized carbons (Fsp3) is 1.00. The van der Waals surface area contributed by atoms with E-state index in [0.29, 0.717) is 36.6 Å². The van der Waals surface area contributed by atoms with Crippen molar-refractivity contribution < 1.29 is 28.4 Å². The highest BCUT2D eigenvalue weighted by molar-refractivity contribution is 5.09. The van der Waals surface area contributed by atoms with Gasteiger partial charge in [-0.05, 0) is 120 Å². The van der Waals surface area contributed by atoms with Crippen molar-refractivity contribution in [2.24, 2.45) is 0 Å². The van der Waals surface area contributed by atoms with Crippen molar-refractivity contribution in [1.82, 2.24) is 0 Å². The number of ether oxygens (including phenoxy) is 6. The van der Waals surface area contributed by atoms with E-state index in [1.54, 1.807) is 0 Å². The molecule has 0 aliphatic carbocycles. The molecule has 6 heteroatoms. The van der Waals surface area contributed by atoms with Crippen LogP contribution < -0.4 is 0 Å². The van der Waals surface area contributed by atoms with E-state index in [2.05, 4.69) is 55.4 Å². The Hall–Kier alpha value is -0.240. The lowest BCUT2D eigenvalue weighted by Gasteiger charge is -2.09. The number of hydrogen-bond acceptors (Lipinski definition) is 6. The Balaban J connectivity index is 0.833. The Morgan fingerprint density at radius 1 is 0.333 bits per heavy atom. The summed E-state index contributed by atoms with van der Waals surface area (Å²) in [6, 6.07) is 0. The summed E-state index contributed by atoms with van der Waals surface area (Å²) in [4.78, 5) is 0. The summed E-state index contributed by atoms with van der Waals surface area (Å²) in [5.74, 6) is 0. The predicted molar refractivity (Wildman–Crippen MR) is 137 cm³/mol. The first-order valence-electron chi connectivity index (χ1n) is 14.7. The average molecular weight is 507 g/mol. The van der Waals surface area contributed by atoms with E-state index >= 15 is 0 Å². The Bertz CT molecular complexity index is 804. The molecule has 0 radical (unpaired) electrons. The van der Waals surface area contributed by atoms with Crippen LogP contribution in [0.15, 0.2) is 0 Å². The first-order valence-corrected chi connectivity index (χ1v) is 14.7. The van der Waals surface area contributed by atoms with Gasteiger partial charge >= 0.3 is 0 Å². The molecular formula is C30H50O6. The first-order chi connectivity index (χ1) is 16.7. The summed E-state index contributed by atoms with van der Waals surface area (Å²) in [6.45, 7) is 17.8. The van der Waals surface area contributed by atoms with Crippen LogP contribution in [0.4, 0.5) is 0 Å². The van der Waals surface area contributed by atoms with Crippen LogP contribution >= 0.6 is 0 Å². The topological polar surface area (TPSA) is 75.2 Å². The number of hydrogen-bond donors (Lipinski definition) is 0. The van der Waals surface area contributed by atoms with Gasteiger partial charge in [-0.15, -0.1) is 0 Å². The Kier molecular flexibility index (Phi) is 5.88. The lowest BCUT2D eigenvalue weighted by atomic mass is 9.90. The molecule has 0 bridgehead atoms. The SMILES string of the molecule is CC1(C)O[C@H]1CC[C@]1(C)O[C@H]1CC[C@]1(C)O[C@H]1CC[C@H]1O[C@]1(C)CC[C@H]1O[C@]1(C)CC[C@H]1OC1(C)C. The summed E-state index contributed by atoms with van der Waals surface area (Å²) in [6.07, 6.45) is 13.3.